The van der Waals surface area contributed by atoms with Crippen LogP contribution in [0.2, 0.25) is 0 Å². The zero-order chi connectivity index (χ0) is 5.98. The fourth-order valence-corrected chi connectivity index (χ4v) is 0.864. The standard InChI is InChI=1S/C5H10N2O/c6-5-3-7(4-5)1-2-8/h2,5H,1,3-4,6H2. The highest BCUT2D eigenvalue weighted by atomic mass is 16.1. The van der Waals surface area contributed by atoms with Crippen LogP contribution in [0, 0.1) is 0 Å². The van der Waals surface area contributed by atoms with Crippen molar-refractivity contribution in [3.63, 3.8) is 0 Å². The highest BCUT2D eigenvalue weighted by Gasteiger charge is 2.21. The molecule has 0 unspecified atom stereocenters. The highest BCUT2D eigenvalue weighted by Crippen LogP contribution is 2.01. The lowest BCUT2D eigenvalue weighted by Gasteiger charge is -2.34. The molecule has 3 heteroatoms. The number of likely N-dealkylation sites (tertiary alicyclic amines) is 1. The van der Waals surface area contributed by atoms with Gasteiger partial charge in [-0.2, -0.15) is 0 Å². The van der Waals surface area contributed by atoms with E-state index in [-0.39, 0.29) is 0 Å². The second-order valence-corrected chi connectivity index (χ2v) is 2.15. The van der Waals surface area contributed by atoms with Gasteiger partial charge in [-0.25, -0.2) is 0 Å². The number of carbonyl (C=O) groups excluding carboxylic acids is 1. The molecule has 1 saturated heterocycles. The maximum Gasteiger partial charge on any atom is 0.133 e. The third-order valence-electron chi connectivity index (χ3n) is 1.32. The van der Waals surface area contributed by atoms with Crippen LogP contribution in [-0.2, 0) is 4.79 Å². The monoisotopic (exact) mass is 114 g/mol. The van der Waals surface area contributed by atoms with E-state index in [2.05, 4.69) is 0 Å². The molecule has 3 nitrogen and oxygen atoms in total. The molecule has 0 aromatic carbocycles. The summed E-state index contributed by atoms with van der Waals surface area (Å²) in [6, 6.07) is 0.315. The molecular weight excluding hydrogens is 104 g/mol. The zero-order valence-corrected chi connectivity index (χ0v) is 4.71. The maximum atomic E-state index is 9.83. The summed E-state index contributed by atoms with van der Waals surface area (Å²) in [5.74, 6) is 0. The summed E-state index contributed by atoms with van der Waals surface area (Å²) in [6.45, 7) is 2.32. The van der Waals surface area contributed by atoms with E-state index in [1.165, 1.54) is 0 Å². The molecule has 0 spiro atoms. The van der Waals surface area contributed by atoms with Crippen LogP contribution in [0.5, 0.6) is 0 Å². The van der Waals surface area contributed by atoms with Crippen molar-refractivity contribution in [3.05, 3.63) is 0 Å². The van der Waals surface area contributed by atoms with Crippen LogP contribution in [-0.4, -0.2) is 36.9 Å². The van der Waals surface area contributed by atoms with E-state index in [4.69, 9.17) is 5.73 Å². The third kappa shape index (κ3) is 1.05. The Hall–Kier alpha value is -0.410. The van der Waals surface area contributed by atoms with Crippen LogP contribution in [0.1, 0.15) is 0 Å². The summed E-state index contributed by atoms with van der Waals surface area (Å²) in [5, 5.41) is 0. The Balaban J connectivity index is 2.06. The Kier molecular flexibility index (Phi) is 1.60. The Morgan fingerprint density at radius 3 is 2.75 bits per heavy atom. The minimum Gasteiger partial charge on any atom is -0.325 e. The summed E-state index contributed by atoms with van der Waals surface area (Å²) in [6.07, 6.45) is 0.909. The molecule has 1 rings (SSSR count). The SMILES string of the molecule is NC1CN(CC=O)C1. The van der Waals surface area contributed by atoms with Gasteiger partial charge in [0, 0.05) is 19.1 Å². The van der Waals surface area contributed by atoms with Gasteiger partial charge in [0.1, 0.15) is 6.29 Å². The number of hydrogen-bond donors (Lipinski definition) is 1. The molecule has 0 amide bonds. The molecule has 8 heavy (non-hydrogen) atoms. The van der Waals surface area contributed by atoms with Gasteiger partial charge in [-0.1, -0.05) is 0 Å². The molecule has 0 atom stereocenters. The van der Waals surface area contributed by atoms with Crippen molar-refractivity contribution in [1.29, 1.82) is 0 Å². The molecule has 0 aromatic rings. The molecular formula is C5H10N2O. The average Bonchev–Trinajstić information content (AvgIpc) is 1.64. The van der Waals surface area contributed by atoms with Crippen molar-refractivity contribution in [2.75, 3.05) is 19.6 Å². The van der Waals surface area contributed by atoms with Crippen molar-refractivity contribution in [2.45, 2.75) is 6.04 Å². The summed E-state index contributed by atoms with van der Waals surface area (Å²) in [5.41, 5.74) is 5.44. The largest absolute Gasteiger partial charge is 0.325 e. The Labute approximate surface area is 48.5 Å². The maximum absolute atomic E-state index is 9.83. The first-order chi connectivity index (χ1) is 3.83. The molecule has 0 saturated carbocycles. The lowest BCUT2D eigenvalue weighted by molar-refractivity contribution is -0.109. The number of nitrogens with two attached hydrogens (primary N) is 1. The number of aldehydes is 1. The van der Waals surface area contributed by atoms with Crippen LogP contribution < -0.4 is 5.73 Å². The highest BCUT2D eigenvalue weighted by molar-refractivity contribution is 5.52. The third-order valence-corrected chi connectivity index (χ3v) is 1.32. The van der Waals surface area contributed by atoms with Gasteiger partial charge in [-0.05, 0) is 0 Å². The normalized spacial score (nSPS) is 22.6. The minimum absolute atomic E-state index is 0.315. The van der Waals surface area contributed by atoms with E-state index in [1.807, 2.05) is 4.90 Å². The average molecular weight is 114 g/mol. The number of carbonyl (C=O) groups is 1. The van der Waals surface area contributed by atoms with Crippen LogP contribution >= 0.6 is 0 Å². The molecule has 46 valence electrons. The van der Waals surface area contributed by atoms with E-state index < -0.39 is 0 Å². The molecule has 0 aromatic heterocycles. The van der Waals surface area contributed by atoms with E-state index in [0.29, 0.717) is 12.6 Å². The van der Waals surface area contributed by atoms with Gasteiger partial charge in [0.2, 0.25) is 0 Å². The Bertz CT molecular complexity index is 88.4. The molecule has 0 radical (unpaired) electrons. The summed E-state index contributed by atoms with van der Waals surface area (Å²) in [7, 11) is 0. The van der Waals surface area contributed by atoms with Crippen LogP contribution in [0.4, 0.5) is 0 Å². The van der Waals surface area contributed by atoms with Crippen molar-refractivity contribution in [3.8, 4) is 0 Å². The Morgan fingerprint density at radius 2 is 2.38 bits per heavy atom. The van der Waals surface area contributed by atoms with E-state index in [0.717, 1.165) is 19.4 Å². The fourth-order valence-electron chi connectivity index (χ4n) is 0.864. The van der Waals surface area contributed by atoms with Crippen molar-refractivity contribution in [2.24, 2.45) is 5.73 Å². The van der Waals surface area contributed by atoms with Gasteiger partial charge in [0.15, 0.2) is 0 Å². The van der Waals surface area contributed by atoms with Crippen molar-refractivity contribution < 1.29 is 4.79 Å². The number of hydrogen-bond acceptors (Lipinski definition) is 3. The number of rotatable bonds is 2. The topological polar surface area (TPSA) is 46.3 Å². The van der Waals surface area contributed by atoms with Gasteiger partial charge in [-0.15, -0.1) is 0 Å². The van der Waals surface area contributed by atoms with Crippen LogP contribution in [0.3, 0.4) is 0 Å². The quantitative estimate of drug-likeness (QED) is 0.460. The predicted octanol–water partition coefficient (Wildman–Crippen LogP) is -1.17. The van der Waals surface area contributed by atoms with Gasteiger partial charge in [-0.3, -0.25) is 4.90 Å². The van der Waals surface area contributed by atoms with E-state index >= 15 is 0 Å². The summed E-state index contributed by atoms with van der Waals surface area (Å²) >= 11 is 0. The van der Waals surface area contributed by atoms with Crippen LogP contribution in [0.25, 0.3) is 0 Å². The fraction of sp³-hybridized carbons (Fsp3) is 0.800. The molecule has 1 fully saturated rings. The summed E-state index contributed by atoms with van der Waals surface area (Å²) < 4.78 is 0. The van der Waals surface area contributed by atoms with Gasteiger partial charge >= 0.3 is 0 Å². The van der Waals surface area contributed by atoms with Gasteiger partial charge < -0.3 is 10.5 Å². The molecule has 0 bridgehead atoms. The molecule has 1 heterocycles. The molecule has 1 aliphatic heterocycles. The van der Waals surface area contributed by atoms with Crippen molar-refractivity contribution in [1.82, 2.24) is 4.90 Å². The summed E-state index contributed by atoms with van der Waals surface area (Å²) in [4.78, 5) is 11.8. The molecule has 1 aliphatic rings. The second kappa shape index (κ2) is 2.24. The predicted molar refractivity (Wildman–Crippen MR) is 30.5 cm³/mol. The van der Waals surface area contributed by atoms with E-state index in [9.17, 15) is 4.79 Å². The second-order valence-electron chi connectivity index (χ2n) is 2.15. The van der Waals surface area contributed by atoms with E-state index in [1.54, 1.807) is 0 Å². The first-order valence-corrected chi connectivity index (χ1v) is 2.74. The molecule has 2 N–H and O–H groups in total. The Morgan fingerprint density at radius 1 is 1.75 bits per heavy atom. The number of nitrogens with zero attached hydrogens (tertiary/aromatic N) is 1. The smallest absolute Gasteiger partial charge is 0.133 e. The van der Waals surface area contributed by atoms with Crippen molar-refractivity contribution >= 4 is 6.29 Å². The lowest BCUT2D eigenvalue weighted by atomic mass is 10.1. The lowest BCUT2D eigenvalue weighted by Crippen LogP contribution is -2.55. The van der Waals surface area contributed by atoms with Crippen LogP contribution in [0.15, 0.2) is 0 Å². The van der Waals surface area contributed by atoms with Gasteiger partial charge in [0.05, 0.1) is 6.54 Å². The zero-order valence-electron chi connectivity index (χ0n) is 4.71. The minimum atomic E-state index is 0.315. The first kappa shape index (κ1) is 5.72. The molecule has 0 aliphatic carbocycles. The van der Waals surface area contributed by atoms with Gasteiger partial charge in [0.25, 0.3) is 0 Å². The first-order valence-electron chi connectivity index (χ1n) is 2.74.